The molecule has 7 nitrogen and oxygen atoms in total. The monoisotopic (exact) mass is 363 g/mol. The van der Waals surface area contributed by atoms with Gasteiger partial charge in [0.1, 0.15) is 12.4 Å². The second kappa shape index (κ2) is 10.2. The van der Waals surface area contributed by atoms with Gasteiger partial charge in [-0.05, 0) is 24.6 Å². The summed E-state index contributed by atoms with van der Waals surface area (Å²) in [5.74, 6) is 0.667. The van der Waals surface area contributed by atoms with Gasteiger partial charge in [-0.3, -0.25) is 4.90 Å². The molecule has 0 radical (unpaired) electrons. The second-order valence-corrected chi connectivity index (χ2v) is 6.65. The number of hydrogen-bond acceptors (Lipinski definition) is 5. The van der Waals surface area contributed by atoms with E-state index < -0.39 is 6.10 Å². The lowest BCUT2D eigenvalue weighted by Crippen LogP contribution is -2.45. The number of likely N-dealkylation sites (N-methyl/N-ethyl adjacent to an activating group) is 1. The molecule has 0 aliphatic carbocycles. The van der Waals surface area contributed by atoms with Crippen molar-refractivity contribution < 1.29 is 19.4 Å². The molecule has 1 aliphatic rings. The minimum Gasteiger partial charge on any atom is -0.489 e. The number of nitrogens with one attached hydrogen (secondary N) is 1. The van der Waals surface area contributed by atoms with E-state index in [0.717, 1.165) is 18.7 Å². The Kier molecular flexibility index (Phi) is 7.90. The number of urea groups is 1. The van der Waals surface area contributed by atoms with E-state index in [-0.39, 0.29) is 12.6 Å². The third-order valence-electron chi connectivity index (χ3n) is 3.97. The summed E-state index contributed by atoms with van der Waals surface area (Å²) in [6.07, 6.45) is -0.603. The van der Waals surface area contributed by atoms with Crippen molar-refractivity contribution in [3.8, 4) is 5.75 Å². The van der Waals surface area contributed by atoms with E-state index in [1.54, 1.807) is 19.2 Å². The molecule has 2 rings (SSSR count). The van der Waals surface area contributed by atoms with E-state index in [2.05, 4.69) is 16.8 Å². The van der Waals surface area contributed by atoms with Crippen LogP contribution in [0.2, 0.25) is 0 Å². The zero-order valence-corrected chi connectivity index (χ0v) is 15.6. The quantitative estimate of drug-likeness (QED) is 0.689. The van der Waals surface area contributed by atoms with Crippen LogP contribution in [0.1, 0.15) is 6.92 Å². The first-order valence-corrected chi connectivity index (χ1v) is 8.81. The number of benzene rings is 1. The molecule has 0 spiro atoms. The summed E-state index contributed by atoms with van der Waals surface area (Å²) in [6.45, 7) is 9.91. The van der Waals surface area contributed by atoms with Crippen LogP contribution in [0.3, 0.4) is 0 Å². The molecule has 0 bridgehead atoms. The lowest BCUT2D eigenvalue weighted by Gasteiger charge is -2.30. The van der Waals surface area contributed by atoms with Gasteiger partial charge in [0.15, 0.2) is 0 Å². The maximum absolute atomic E-state index is 12.3. The number of rotatable bonds is 8. The lowest BCUT2D eigenvalue weighted by molar-refractivity contribution is 0.0109. The Labute approximate surface area is 155 Å². The highest BCUT2D eigenvalue weighted by atomic mass is 16.5. The number of hydrogen-bond donors (Lipinski definition) is 2. The molecule has 0 saturated carbocycles. The number of amides is 2. The Morgan fingerprint density at radius 3 is 2.88 bits per heavy atom. The summed E-state index contributed by atoms with van der Waals surface area (Å²) < 4.78 is 10.9. The molecule has 1 aromatic rings. The number of morpholine rings is 1. The van der Waals surface area contributed by atoms with E-state index in [4.69, 9.17) is 9.47 Å². The molecule has 1 saturated heterocycles. The predicted octanol–water partition coefficient (Wildman–Crippen LogP) is 1.80. The van der Waals surface area contributed by atoms with Gasteiger partial charge in [0.05, 0.1) is 19.3 Å². The molecule has 0 aromatic heterocycles. The summed E-state index contributed by atoms with van der Waals surface area (Å²) >= 11 is 0. The number of carbonyl (C=O) groups excluding carboxylic acids is 1. The van der Waals surface area contributed by atoms with Crippen LogP contribution in [0.25, 0.3) is 0 Å². The summed E-state index contributed by atoms with van der Waals surface area (Å²) in [7, 11) is 1.67. The fraction of sp³-hybridized carbons (Fsp3) is 0.526. The highest BCUT2D eigenvalue weighted by Gasteiger charge is 2.18. The van der Waals surface area contributed by atoms with Crippen LogP contribution in [0.5, 0.6) is 5.75 Å². The maximum Gasteiger partial charge on any atom is 0.321 e. The van der Waals surface area contributed by atoms with E-state index >= 15 is 0 Å². The van der Waals surface area contributed by atoms with Crippen LogP contribution in [0.15, 0.2) is 36.4 Å². The van der Waals surface area contributed by atoms with Gasteiger partial charge in [0.2, 0.25) is 0 Å². The van der Waals surface area contributed by atoms with Crippen molar-refractivity contribution >= 4 is 11.7 Å². The van der Waals surface area contributed by atoms with Crippen LogP contribution in [-0.4, -0.2) is 80.1 Å². The smallest absolute Gasteiger partial charge is 0.321 e. The average Bonchev–Trinajstić information content (AvgIpc) is 2.61. The first-order chi connectivity index (χ1) is 12.4. The molecule has 2 N–H and O–H groups in total. The lowest BCUT2D eigenvalue weighted by atomic mass is 10.3. The second-order valence-electron chi connectivity index (χ2n) is 6.65. The van der Waals surface area contributed by atoms with Crippen LogP contribution < -0.4 is 10.1 Å². The number of β-amino-alcohol motifs (C(OH)–C–C–N with tert-alkyl or cyclic N) is 1. The van der Waals surface area contributed by atoms with Gasteiger partial charge in [0, 0.05) is 45.0 Å². The van der Waals surface area contributed by atoms with Gasteiger partial charge in [0.25, 0.3) is 0 Å². The van der Waals surface area contributed by atoms with Gasteiger partial charge in [-0.15, -0.1) is 0 Å². The van der Waals surface area contributed by atoms with Crippen molar-refractivity contribution in [2.24, 2.45) is 0 Å². The summed E-state index contributed by atoms with van der Waals surface area (Å²) in [5.41, 5.74) is 1.57. The third-order valence-corrected chi connectivity index (χ3v) is 3.97. The van der Waals surface area contributed by atoms with Crippen LogP contribution in [-0.2, 0) is 4.74 Å². The molecule has 1 fully saturated rings. The molecule has 1 aromatic carbocycles. The molecule has 7 heteroatoms. The highest BCUT2D eigenvalue weighted by molar-refractivity contribution is 5.89. The molecule has 1 heterocycles. The highest BCUT2D eigenvalue weighted by Crippen LogP contribution is 2.18. The molecule has 144 valence electrons. The Morgan fingerprint density at radius 2 is 2.19 bits per heavy atom. The normalized spacial score (nSPS) is 16.0. The summed E-state index contributed by atoms with van der Waals surface area (Å²) in [6, 6.07) is 6.93. The fourth-order valence-electron chi connectivity index (χ4n) is 2.63. The molecule has 26 heavy (non-hydrogen) atoms. The van der Waals surface area contributed by atoms with E-state index in [0.29, 0.717) is 37.8 Å². The number of aliphatic hydroxyl groups is 1. The standard InChI is InChI=1S/C19H29N3O4/c1-15(2)14-26-18-6-4-5-16(11-18)20-19(24)21(3)12-17(23)13-22-7-9-25-10-8-22/h4-6,11,17,23H,1,7-10,12-14H2,2-3H3,(H,20,24)/t17-/m0/s1. The Morgan fingerprint density at radius 1 is 1.46 bits per heavy atom. The van der Waals surface area contributed by atoms with Crippen molar-refractivity contribution in [3.63, 3.8) is 0 Å². The minimum absolute atomic E-state index is 0.259. The number of anilines is 1. The zero-order chi connectivity index (χ0) is 18.9. The maximum atomic E-state index is 12.3. The van der Waals surface area contributed by atoms with Crippen molar-refractivity contribution in [1.82, 2.24) is 9.80 Å². The summed E-state index contributed by atoms with van der Waals surface area (Å²) in [4.78, 5) is 16.0. The van der Waals surface area contributed by atoms with Crippen molar-refractivity contribution in [3.05, 3.63) is 36.4 Å². The van der Waals surface area contributed by atoms with Gasteiger partial charge in [-0.25, -0.2) is 4.79 Å². The van der Waals surface area contributed by atoms with Crippen molar-refractivity contribution in [2.45, 2.75) is 13.0 Å². The molecule has 0 unspecified atom stereocenters. The van der Waals surface area contributed by atoms with Crippen LogP contribution in [0, 0.1) is 0 Å². The first-order valence-electron chi connectivity index (χ1n) is 8.81. The number of nitrogens with zero attached hydrogens (tertiary/aromatic N) is 2. The minimum atomic E-state index is -0.603. The third kappa shape index (κ3) is 7.03. The SMILES string of the molecule is C=C(C)COc1cccc(NC(=O)N(C)C[C@H](O)CN2CCOCC2)c1. The Balaban J connectivity index is 1.80. The van der Waals surface area contributed by atoms with E-state index in [1.165, 1.54) is 4.90 Å². The van der Waals surface area contributed by atoms with Gasteiger partial charge < -0.3 is 24.8 Å². The van der Waals surface area contributed by atoms with Gasteiger partial charge >= 0.3 is 6.03 Å². The predicted molar refractivity (Wildman–Crippen MR) is 102 cm³/mol. The molecule has 1 atom stereocenters. The average molecular weight is 363 g/mol. The van der Waals surface area contributed by atoms with Crippen LogP contribution in [0.4, 0.5) is 10.5 Å². The Hall–Kier alpha value is -2.09. The first kappa shape index (κ1) is 20.2. The van der Waals surface area contributed by atoms with Crippen molar-refractivity contribution in [2.75, 3.05) is 58.4 Å². The topological polar surface area (TPSA) is 74.3 Å². The molecule has 1 aliphatic heterocycles. The molecular weight excluding hydrogens is 334 g/mol. The number of carbonyl (C=O) groups is 1. The van der Waals surface area contributed by atoms with Gasteiger partial charge in [-0.2, -0.15) is 0 Å². The zero-order valence-electron chi connectivity index (χ0n) is 15.6. The fourth-order valence-corrected chi connectivity index (χ4v) is 2.63. The molecular formula is C19H29N3O4. The summed E-state index contributed by atoms with van der Waals surface area (Å²) in [5, 5.41) is 13.0. The van der Waals surface area contributed by atoms with Gasteiger partial charge in [-0.1, -0.05) is 12.6 Å². The number of aliphatic hydroxyl groups excluding tert-OH is 1. The van der Waals surface area contributed by atoms with Crippen molar-refractivity contribution in [1.29, 1.82) is 0 Å². The molecule has 2 amide bonds. The van der Waals surface area contributed by atoms with E-state index in [9.17, 15) is 9.90 Å². The largest absolute Gasteiger partial charge is 0.489 e. The Bertz CT molecular complexity index is 602. The van der Waals surface area contributed by atoms with E-state index in [1.807, 2.05) is 19.1 Å². The number of ether oxygens (including phenoxy) is 2. The van der Waals surface area contributed by atoms with Crippen LogP contribution >= 0.6 is 0 Å².